The lowest BCUT2D eigenvalue weighted by molar-refractivity contribution is 0.0857. The van der Waals surface area contributed by atoms with Gasteiger partial charge < -0.3 is 5.11 Å². The smallest absolute Gasteiger partial charge is 0.265 e. The molecule has 1 aromatic rings. The van der Waals surface area contributed by atoms with Gasteiger partial charge in [0, 0.05) is 19.7 Å². The molecule has 0 atom stereocenters. The number of carbonyl (C=O) groups is 1. The minimum absolute atomic E-state index is 0.0342. The van der Waals surface area contributed by atoms with Gasteiger partial charge in [0.2, 0.25) is 0 Å². The fraction of sp³-hybridized carbons (Fsp3) is 0.222. The molecule has 0 aliphatic heterocycles. The van der Waals surface area contributed by atoms with Crippen molar-refractivity contribution in [2.45, 2.75) is 0 Å². The summed E-state index contributed by atoms with van der Waals surface area (Å²) in [4.78, 5) is 11.4. The molecule has 0 heterocycles. The predicted octanol–water partition coefficient (Wildman–Crippen LogP) is 1.25. The second-order valence-corrected chi connectivity index (χ2v) is 3.41. The topological polar surface area (TPSA) is 52.6 Å². The fourth-order valence-corrected chi connectivity index (χ4v) is 1.10. The summed E-state index contributed by atoms with van der Waals surface area (Å²) in [6, 6.07) is 4.29. The molecule has 14 heavy (non-hydrogen) atoms. The molecule has 76 valence electrons. The highest BCUT2D eigenvalue weighted by Gasteiger charge is 2.08. The Balaban J connectivity index is 2.86. The lowest BCUT2D eigenvalue weighted by atomic mass is 10.2. The van der Waals surface area contributed by atoms with Gasteiger partial charge in [-0.1, -0.05) is 11.6 Å². The van der Waals surface area contributed by atoms with E-state index in [-0.39, 0.29) is 16.7 Å². The van der Waals surface area contributed by atoms with E-state index in [0.29, 0.717) is 5.56 Å². The number of hydrazine groups is 1. The number of halogens is 1. The van der Waals surface area contributed by atoms with E-state index >= 15 is 0 Å². The Morgan fingerprint density at radius 2 is 2.14 bits per heavy atom. The molecule has 0 saturated heterocycles. The van der Waals surface area contributed by atoms with Crippen LogP contribution in [-0.2, 0) is 0 Å². The van der Waals surface area contributed by atoms with E-state index in [0.717, 1.165) is 0 Å². The van der Waals surface area contributed by atoms with E-state index in [9.17, 15) is 4.79 Å². The predicted molar refractivity (Wildman–Crippen MR) is 54.3 cm³/mol. The van der Waals surface area contributed by atoms with Crippen LogP contribution in [0.3, 0.4) is 0 Å². The number of nitrogens with one attached hydrogen (secondary N) is 1. The van der Waals surface area contributed by atoms with E-state index in [1.54, 1.807) is 14.1 Å². The zero-order chi connectivity index (χ0) is 10.7. The van der Waals surface area contributed by atoms with E-state index in [4.69, 9.17) is 16.7 Å². The molecule has 0 saturated carbocycles. The van der Waals surface area contributed by atoms with E-state index in [1.165, 1.54) is 23.2 Å². The minimum Gasteiger partial charge on any atom is -0.506 e. The van der Waals surface area contributed by atoms with Gasteiger partial charge in [-0.25, -0.2) is 5.01 Å². The second kappa shape index (κ2) is 4.30. The first-order valence-corrected chi connectivity index (χ1v) is 4.35. The molecule has 0 bridgehead atoms. The van der Waals surface area contributed by atoms with Crippen LogP contribution in [0, 0.1) is 0 Å². The van der Waals surface area contributed by atoms with Crippen molar-refractivity contribution in [3.8, 4) is 5.75 Å². The summed E-state index contributed by atoms with van der Waals surface area (Å²) in [5.41, 5.74) is 2.96. The van der Waals surface area contributed by atoms with Crippen LogP contribution < -0.4 is 5.43 Å². The Morgan fingerprint density at radius 3 is 2.64 bits per heavy atom. The summed E-state index contributed by atoms with van der Waals surface area (Å²) in [6.07, 6.45) is 0. The van der Waals surface area contributed by atoms with Gasteiger partial charge in [-0.05, 0) is 18.2 Å². The molecule has 0 aliphatic carbocycles. The van der Waals surface area contributed by atoms with Crippen LogP contribution in [0.5, 0.6) is 5.75 Å². The van der Waals surface area contributed by atoms with Crippen LogP contribution in [0.15, 0.2) is 18.2 Å². The number of hydrogen-bond donors (Lipinski definition) is 2. The highest BCUT2D eigenvalue weighted by Crippen LogP contribution is 2.23. The minimum atomic E-state index is -0.267. The monoisotopic (exact) mass is 214 g/mol. The normalized spacial score (nSPS) is 10.3. The number of benzene rings is 1. The molecular formula is C9H11ClN2O2. The summed E-state index contributed by atoms with van der Waals surface area (Å²) >= 11 is 5.65. The summed E-state index contributed by atoms with van der Waals surface area (Å²) < 4.78 is 0. The first-order chi connectivity index (χ1) is 6.50. The zero-order valence-electron chi connectivity index (χ0n) is 7.91. The molecular weight excluding hydrogens is 204 g/mol. The summed E-state index contributed by atoms with van der Waals surface area (Å²) in [5.74, 6) is -0.301. The van der Waals surface area contributed by atoms with Gasteiger partial charge in [0.15, 0.2) is 0 Å². The van der Waals surface area contributed by atoms with Gasteiger partial charge in [-0.15, -0.1) is 0 Å². The quantitative estimate of drug-likeness (QED) is 0.729. The van der Waals surface area contributed by atoms with Crippen molar-refractivity contribution < 1.29 is 9.90 Å². The maximum absolute atomic E-state index is 11.4. The maximum atomic E-state index is 11.4. The molecule has 1 amide bonds. The second-order valence-electron chi connectivity index (χ2n) is 3.00. The molecule has 1 rings (SSSR count). The zero-order valence-corrected chi connectivity index (χ0v) is 8.67. The van der Waals surface area contributed by atoms with E-state index in [1.807, 2.05) is 0 Å². The Hall–Kier alpha value is -1.26. The SMILES string of the molecule is CN(C)NC(=O)c1ccc(O)c(Cl)c1. The van der Waals surface area contributed by atoms with Gasteiger partial charge >= 0.3 is 0 Å². The fourth-order valence-electron chi connectivity index (χ4n) is 0.916. The van der Waals surface area contributed by atoms with Crippen molar-refractivity contribution in [1.82, 2.24) is 10.4 Å². The third-order valence-electron chi connectivity index (χ3n) is 1.54. The van der Waals surface area contributed by atoms with E-state index in [2.05, 4.69) is 5.43 Å². The average molecular weight is 215 g/mol. The first kappa shape index (κ1) is 10.8. The van der Waals surface area contributed by atoms with Crippen LogP contribution in [0.25, 0.3) is 0 Å². The number of hydrogen-bond acceptors (Lipinski definition) is 3. The van der Waals surface area contributed by atoms with Crippen LogP contribution in [-0.4, -0.2) is 30.1 Å². The molecule has 0 fully saturated rings. The molecule has 0 aliphatic rings. The number of phenols is 1. The molecule has 0 radical (unpaired) electrons. The van der Waals surface area contributed by atoms with Crippen molar-refractivity contribution in [2.75, 3.05) is 14.1 Å². The molecule has 2 N–H and O–H groups in total. The van der Waals surface area contributed by atoms with Crippen molar-refractivity contribution in [3.05, 3.63) is 28.8 Å². The van der Waals surface area contributed by atoms with Gasteiger partial charge in [0.1, 0.15) is 5.75 Å². The number of aromatic hydroxyl groups is 1. The Bertz CT molecular complexity index is 353. The molecule has 0 aromatic heterocycles. The largest absolute Gasteiger partial charge is 0.506 e. The van der Waals surface area contributed by atoms with Crippen molar-refractivity contribution in [3.63, 3.8) is 0 Å². The van der Waals surface area contributed by atoms with E-state index < -0.39 is 0 Å². The van der Waals surface area contributed by atoms with Gasteiger partial charge in [-0.3, -0.25) is 10.2 Å². The summed E-state index contributed by atoms with van der Waals surface area (Å²) in [6.45, 7) is 0. The molecule has 1 aromatic carbocycles. The maximum Gasteiger partial charge on any atom is 0.265 e. The highest BCUT2D eigenvalue weighted by molar-refractivity contribution is 6.32. The van der Waals surface area contributed by atoms with Gasteiger partial charge in [0.25, 0.3) is 5.91 Å². The number of nitrogens with zero attached hydrogens (tertiary/aromatic N) is 1. The number of phenolic OH excluding ortho intramolecular Hbond substituents is 1. The van der Waals surface area contributed by atoms with Crippen LogP contribution in [0.1, 0.15) is 10.4 Å². The highest BCUT2D eigenvalue weighted by atomic mass is 35.5. The third-order valence-corrected chi connectivity index (χ3v) is 1.84. The number of rotatable bonds is 2. The van der Waals surface area contributed by atoms with Gasteiger partial charge in [0.05, 0.1) is 5.02 Å². The lowest BCUT2D eigenvalue weighted by Crippen LogP contribution is -2.36. The Morgan fingerprint density at radius 1 is 1.50 bits per heavy atom. The summed E-state index contributed by atoms with van der Waals surface area (Å²) in [7, 11) is 3.42. The van der Waals surface area contributed by atoms with Crippen molar-refractivity contribution >= 4 is 17.5 Å². The summed E-state index contributed by atoms with van der Waals surface area (Å²) in [5, 5.41) is 10.8. The third kappa shape index (κ3) is 2.61. The van der Waals surface area contributed by atoms with Crippen LogP contribution >= 0.6 is 11.6 Å². The molecule has 5 heteroatoms. The molecule has 0 unspecified atom stereocenters. The van der Waals surface area contributed by atoms with Crippen LogP contribution in [0.2, 0.25) is 5.02 Å². The molecule has 0 spiro atoms. The van der Waals surface area contributed by atoms with Crippen LogP contribution in [0.4, 0.5) is 0 Å². The number of carbonyl (C=O) groups excluding carboxylic acids is 1. The van der Waals surface area contributed by atoms with Crippen molar-refractivity contribution in [1.29, 1.82) is 0 Å². The molecule has 4 nitrogen and oxygen atoms in total. The first-order valence-electron chi connectivity index (χ1n) is 3.97. The Kier molecular flexibility index (Phi) is 3.33. The van der Waals surface area contributed by atoms with Gasteiger partial charge in [-0.2, -0.15) is 0 Å². The lowest BCUT2D eigenvalue weighted by Gasteiger charge is -2.11. The number of amides is 1. The average Bonchev–Trinajstić information content (AvgIpc) is 2.08. The standard InChI is InChI=1S/C9H11ClN2O2/c1-12(2)11-9(14)6-3-4-8(13)7(10)5-6/h3-5,13H,1-2H3,(H,11,14). The Labute approximate surface area is 87.1 Å². The van der Waals surface area contributed by atoms with Crippen molar-refractivity contribution in [2.24, 2.45) is 0 Å².